The molecule has 2 heterocycles. The summed E-state index contributed by atoms with van der Waals surface area (Å²) in [6.45, 7) is 1.07. The quantitative estimate of drug-likeness (QED) is 0.716. The van der Waals surface area contributed by atoms with Gasteiger partial charge in [-0.05, 0) is 38.1 Å². The van der Waals surface area contributed by atoms with Crippen LogP contribution >= 0.6 is 0 Å². The number of aliphatic hydroxyl groups is 1. The molecule has 0 aliphatic carbocycles. The third-order valence-electron chi connectivity index (χ3n) is 3.64. The van der Waals surface area contributed by atoms with Gasteiger partial charge in [-0.3, -0.25) is 0 Å². The molecule has 0 saturated carbocycles. The van der Waals surface area contributed by atoms with Crippen molar-refractivity contribution >= 4 is 9.84 Å². The lowest BCUT2D eigenvalue weighted by molar-refractivity contribution is 0.154. The Labute approximate surface area is 91.0 Å². The largest absolute Gasteiger partial charge is 0.394 e. The van der Waals surface area contributed by atoms with Gasteiger partial charge in [-0.25, -0.2) is 8.42 Å². The van der Waals surface area contributed by atoms with Crippen molar-refractivity contribution in [1.82, 2.24) is 5.32 Å². The van der Waals surface area contributed by atoms with Crippen molar-refractivity contribution in [2.45, 2.75) is 31.2 Å². The summed E-state index contributed by atoms with van der Waals surface area (Å²) in [6, 6.07) is 0. The first-order valence-electron chi connectivity index (χ1n) is 5.62. The number of hydrogen-bond donors (Lipinski definition) is 2. The zero-order valence-electron chi connectivity index (χ0n) is 8.91. The summed E-state index contributed by atoms with van der Waals surface area (Å²) in [7, 11) is -2.78. The minimum atomic E-state index is -2.78. The van der Waals surface area contributed by atoms with Crippen LogP contribution in [0.2, 0.25) is 0 Å². The normalized spacial score (nSPS) is 39.7. The molecule has 2 unspecified atom stereocenters. The van der Waals surface area contributed by atoms with E-state index in [0.717, 1.165) is 32.2 Å². The monoisotopic (exact) mass is 233 g/mol. The minimum Gasteiger partial charge on any atom is -0.394 e. The summed E-state index contributed by atoms with van der Waals surface area (Å²) in [6.07, 6.45) is 3.63. The van der Waals surface area contributed by atoms with Crippen LogP contribution in [0.15, 0.2) is 0 Å². The van der Waals surface area contributed by atoms with Gasteiger partial charge in [0.2, 0.25) is 0 Å². The van der Waals surface area contributed by atoms with Gasteiger partial charge >= 0.3 is 0 Å². The number of hydrogen-bond acceptors (Lipinski definition) is 4. The second-order valence-corrected chi connectivity index (χ2v) is 7.17. The lowest BCUT2D eigenvalue weighted by Gasteiger charge is -2.29. The topological polar surface area (TPSA) is 66.4 Å². The molecule has 0 amide bonds. The Morgan fingerprint density at radius 3 is 2.73 bits per heavy atom. The molecule has 88 valence electrons. The third kappa shape index (κ3) is 2.52. The smallest absolute Gasteiger partial charge is 0.150 e. The van der Waals surface area contributed by atoms with Crippen molar-refractivity contribution in [3.05, 3.63) is 0 Å². The van der Waals surface area contributed by atoms with Crippen molar-refractivity contribution in [2.24, 2.45) is 5.92 Å². The molecule has 2 aliphatic heterocycles. The molecule has 4 nitrogen and oxygen atoms in total. The van der Waals surface area contributed by atoms with E-state index in [1.54, 1.807) is 0 Å². The Balaban J connectivity index is 1.96. The highest BCUT2D eigenvalue weighted by molar-refractivity contribution is 7.91. The van der Waals surface area contributed by atoms with Crippen LogP contribution in [0, 0.1) is 5.92 Å². The summed E-state index contributed by atoms with van der Waals surface area (Å²) >= 11 is 0. The first kappa shape index (κ1) is 11.4. The van der Waals surface area contributed by atoms with E-state index >= 15 is 0 Å². The fraction of sp³-hybridized carbons (Fsp3) is 1.00. The molecule has 0 aromatic heterocycles. The molecule has 2 aliphatic rings. The lowest BCUT2D eigenvalue weighted by atomic mass is 9.86. The fourth-order valence-corrected chi connectivity index (χ4v) is 4.69. The van der Waals surface area contributed by atoms with Crippen LogP contribution in [0.3, 0.4) is 0 Å². The third-order valence-corrected chi connectivity index (χ3v) is 5.48. The van der Waals surface area contributed by atoms with Crippen LogP contribution in [0.1, 0.15) is 25.7 Å². The average Bonchev–Trinajstić information content (AvgIpc) is 2.75. The van der Waals surface area contributed by atoms with Crippen molar-refractivity contribution in [1.29, 1.82) is 0 Å². The Kier molecular flexibility index (Phi) is 3.05. The molecule has 0 radical (unpaired) electrons. The zero-order chi connectivity index (χ0) is 10.9. The summed E-state index contributed by atoms with van der Waals surface area (Å²) in [5.41, 5.74) is -0.190. The first-order valence-corrected chi connectivity index (χ1v) is 7.44. The predicted molar refractivity (Wildman–Crippen MR) is 58.4 cm³/mol. The van der Waals surface area contributed by atoms with Gasteiger partial charge < -0.3 is 10.4 Å². The van der Waals surface area contributed by atoms with Gasteiger partial charge in [-0.15, -0.1) is 0 Å². The average molecular weight is 233 g/mol. The Morgan fingerprint density at radius 2 is 2.27 bits per heavy atom. The number of sulfone groups is 1. The summed E-state index contributed by atoms with van der Waals surface area (Å²) in [5.74, 6) is 0.892. The second-order valence-electron chi connectivity index (χ2n) is 4.94. The van der Waals surface area contributed by atoms with Crippen LogP contribution in [-0.2, 0) is 9.84 Å². The maximum atomic E-state index is 11.3. The van der Waals surface area contributed by atoms with Gasteiger partial charge in [0.15, 0.2) is 9.84 Å². The van der Waals surface area contributed by atoms with E-state index in [2.05, 4.69) is 5.32 Å². The van der Waals surface area contributed by atoms with Gasteiger partial charge in [-0.2, -0.15) is 0 Å². The molecule has 0 bridgehead atoms. The summed E-state index contributed by atoms with van der Waals surface area (Å²) in [4.78, 5) is 0. The van der Waals surface area contributed by atoms with Gasteiger partial charge in [0, 0.05) is 5.54 Å². The molecular formula is C10H19NO3S. The Morgan fingerprint density at radius 1 is 1.47 bits per heavy atom. The van der Waals surface area contributed by atoms with E-state index in [9.17, 15) is 13.5 Å². The van der Waals surface area contributed by atoms with Crippen LogP contribution < -0.4 is 5.32 Å². The molecule has 15 heavy (non-hydrogen) atoms. The maximum Gasteiger partial charge on any atom is 0.150 e. The fourth-order valence-electron chi connectivity index (χ4n) is 2.83. The molecule has 2 N–H and O–H groups in total. The highest BCUT2D eigenvalue weighted by Crippen LogP contribution is 2.31. The van der Waals surface area contributed by atoms with E-state index < -0.39 is 9.84 Å². The molecule has 0 spiro atoms. The second kappa shape index (κ2) is 4.03. The van der Waals surface area contributed by atoms with Crippen LogP contribution in [0.4, 0.5) is 0 Å². The van der Waals surface area contributed by atoms with Crippen LogP contribution in [0.25, 0.3) is 0 Å². The van der Waals surface area contributed by atoms with E-state index in [4.69, 9.17) is 0 Å². The molecule has 5 heteroatoms. The molecule has 0 aromatic carbocycles. The highest BCUT2D eigenvalue weighted by Gasteiger charge is 2.38. The number of aliphatic hydroxyl groups excluding tert-OH is 1. The Bertz CT molecular complexity index is 320. The summed E-state index contributed by atoms with van der Waals surface area (Å²) in [5, 5.41) is 12.7. The highest BCUT2D eigenvalue weighted by atomic mass is 32.2. The molecule has 0 aromatic rings. The van der Waals surface area contributed by atoms with Crippen molar-refractivity contribution in [2.75, 3.05) is 24.7 Å². The van der Waals surface area contributed by atoms with Crippen LogP contribution in [0.5, 0.6) is 0 Å². The Hall–Kier alpha value is -0.130. The molecule has 2 rings (SSSR count). The van der Waals surface area contributed by atoms with Crippen molar-refractivity contribution in [3.63, 3.8) is 0 Å². The molecule has 2 atom stereocenters. The van der Waals surface area contributed by atoms with Gasteiger partial charge in [0.25, 0.3) is 0 Å². The lowest BCUT2D eigenvalue weighted by Crippen LogP contribution is -2.45. The zero-order valence-corrected chi connectivity index (χ0v) is 9.72. The van der Waals surface area contributed by atoms with Crippen LogP contribution in [-0.4, -0.2) is 43.7 Å². The first-order chi connectivity index (χ1) is 7.05. The summed E-state index contributed by atoms with van der Waals surface area (Å²) < 4.78 is 22.6. The predicted octanol–water partition coefficient (Wildman–Crippen LogP) is -0.0743. The van der Waals surface area contributed by atoms with Gasteiger partial charge in [-0.1, -0.05) is 0 Å². The van der Waals surface area contributed by atoms with Gasteiger partial charge in [0.1, 0.15) is 0 Å². The van der Waals surface area contributed by atoms with Crippen molar-refractivity contribution in [3.8, 4) is 0 Å². The maximum absolute atomic E-state index is 11.3. The number of nitrogens with one attached hydrogen (secondary N) is 1. The van der Waals surface area contributed by atoms with E-state index in [0.29, 0.717) is 11.5 Å². The molecule has 2 saturated heterocycles. The SMILES string of the molecule is O=S1(=O)CCC(CC2(CO)CCCN2)C1. The van der Waals surface area contributed by atoms with Crippen molar-refractivity contribution < 1.29 is 13.5 Å². The van der Waals surface area contributed by atoms with E-state index in [-0.39, 0.29) is 18.1 Å². The minimum absolute atomic E-state index is 0.129. The van der Waals surface area contributed by atoms with Gasteiger partial charge in [0.05, 0.1) is 18.1 Å². The molecule has 2 fully saturated rings. The standard InChI is InChI=1S/C10H19NO3S/c12-8-10(3-1-4-11-10)6-9-2-5-15(13,14)7-9/h9,11-12H,1-8H2. The number of rotatable bonds is 3. The van der Waals surface area contributed by atoms with E-state index in [1.165, 1.54) is 0 Å². The van der Waals surface area contributed by atoms with E-state index in [1.807, 2.05) is 0 Å². The molecular weight excluding hydrogens is 214 g/mol.